The van der Waals surface area contributed by atoms with E-state index in [1.165, 1.54) is 6.07 Å². The van der Waals surface area contributed by atoms with Gasteiger partial charge in [0.15, 0.2) is 17.5 Å². The molecule has 0 saturated carbocycles. The summed E-state index contributed by atoms with van der Waals surface area (Å²) in [6.07, 6.45) is 1.77. The molecule has 0 unspecified atom stereocenters. The van der Waals surface area contributed by atoms with Crippen LogP contribution >= 0.6 is 24.0 Å². The molecule has 1 aliphatic heterocycles. The first-order valence-corrected chi connectivity index (χ1v) is 9.38. The molecule has 0 saturated heterocycles. The van der Waals surface area contributed by atoms with Crippen molar-refractivity contribution in [3.63, 3.8) is 0 Å². The number of nitrogens with one attached hydrogen (secondary N) is 2. The highest BCUT2D eigenvalue weighted by Gasteiger charge is 2.20. The van der Waals surface area contributed by atoms with Crippen LogP contribution in [0.2, 0.25) is 0 Å². The molecule has 1 aromatic carbocycles. The molecule has 8 nitrogen and oxygen atoms in total. The average molecular weight is 550 g/mol. The number of aromatic nitrogens is 1. The summed E-state index contributed by atoms with van der Waals surface area (Å²) in [6.45, 7) is 1.62. The van der Waals surface area contributed by atoms with Gasteiger partial charge in [0.25, 0.3) is 0 Å². The molecule has 170 valence electrons. The minimum absolute atomic E-state index is 0. The molecule has 1 aromatic heterocycles. The third-order valence-corrected chi connectivity index (χ3v) is 4.06. The number of benzene rings is 1. The van der Waals surface area contributed by atoms with Gasteiger partial charge in [-0.1, -0.05) is 6.07 Å². The third-order valence-electron chi connectivity index (χ3n) is 4.06. The second-order valence-corrected chi connectivity index (χ2v) is 6.64. The Morgan fingerprint density at radius 1 is 1.13 bits per heavy atom. The van der Waals surface area contributed by atoms with E-state index in [-0.39, 0.29) is 49.2 Å². The Morgan fingerprint density at radius 3 is 2.45 bits per heavy atom. The first kappa shape index (κ1) is 24.7. The van der Waals surface area contributed by atoms with Crippen LogP contribution in [0.4, 0.5) is 8.78 Å². The number of halogens is 3. The van der Waals surface area contributed by atoms with Gasteiger partial charge < -0.3 is 29.6 Å². The summed E-state index contributed by atoms with van der Waals surface area (Å²) in [5.41, 5.74) is 1.42. The summed E-state index contributed by atoms with van der Waals surface area (Å²) in [7, 11) is 1.61. The van der Waals surface area contributed by atoms with E-state index in [2.05, 4.69) is 25.3 Å². The molecule has 2 heterocycles. The minimum Gasteiger partial charge on any atom is -0.475 e. The van der Waals surface area contributed by atoms with Gasteiger partial charge >= 0.3 is 6.61 Å². The molecular formula is C20H25F2IN4O4. The summed E-state index contributed by atoms with van der Waals surface area (Å²) in [5.74, 6) is 1.91. The number of nitrogens with zero attached hydrogens (tertiary/aromatic N) is 2. The van der Waals surface area contributed by atoms with Gasteiger partial charge in [0.2, 0.25) is 12.7 Å². The largest absolute Gasteiger partial charge is 0.475 e. The molecule has 0 amide bonds. The maximum Gasteiger partial charge on any atom is 0.387 e. The summed E-state index contributed by atoms with van der Waals surface area (Å²) in [4.78, 5) is 8.40. The van der Waals surface area contributed by atoms with E-state index < -0.39 is 6.61 Å². The lowest BCUT2D eigenvalue weighted by molar-refractivity contribution is -0.0505. The van der Waals surface area contributed by atoms with Gasteiger partial charge in [0.1, 0.15) is 5.75 Å². The van der Waals surface area contributed by atoms with Crippen LogP contribution in [0.5, 0.6) is 23.1 Å². The Kier molecular flexibility index (Phi) is 9.34. The van der Waals surface area contributed by atoms with Crippen molar-refractivity contribution in [2.24, 2.45) is 4.99 Å². The zero-order valence-corrected chi connectivity index (χ0v) is 19.7. The lowest BCUT2D eigenvalue weighted by atomic mass is 10.1. The van der Waals surface area contributed by atoms with E-state index in [4.69, 9.17) is 14.2 Å². The number of aliphatic imine (C=N–C) groups is 1. The van der Waals surface area contributed by atoms with Crippen LogP contribution in [0, 0.1) is 0 Å². The Labute approximate surface area is 196 Å². The number of pyridine rings is 1. The van der Waals surface area contributed by atoms with Crippen molar-refractivity contribution in [3.05, 3.63) is 41.6 Å². The van der Waals surface area contributed by atoms with Crippen molar-refractivity contribution in [2.45, 2.75) is 39.7 Å². The van der Waals surface area contributed by atoms with Crippen molar-refractivity contribution in [1.82, 2.24) is 15.6 Å². The number of fused-ring (bicyclic) bond motifs is 1. The fraction of sp³-hybridized carbons (Fsp3) is 0.400. The van der Waals surface area contributed by atoms with Crippen molar-refractivity contribution < 1.29 is 27.7 Å². The number of ether oxygens (including phenoxy) is 4. The predicted molar refractivity (Wildman–Crippen MR) is 122 cm³/mol. The van der Waals surface area contributed by atoms with Gasteiger partial charge in [0.05, 0.1) is 6.10 Å². The van der Waals surface area contributed by atoms with Gasteiger partial charge in [-0.15, -0.1) is 24.0 Å². The van der Waals surface area contributed by atoms with E-state index >= 15 is 0 Å². The summed E-state index contributed by atoms with van der Waals surface area (Å²) < 4.78 is 46.2. The average Bonchev–Trinajstić information content (AvgIpc) is 3.15. The van der Waals surface area contributed by atoms with Crippen molar-refractivity contribution >= 4 is 29.9 Å². The molecule has 0 atom stereocenters. The Hall–Kier alpha value is -2.57. The van der Waals surface area contributed by atoms with Crippen LogP contribution in [0.3, 0.4) is 0 Å². The highest BCUT2D eigenvalue weighted by atomic mass is 127. The third kappa shape index (κ3) is 7.26. The van der Waals surface area contributed by atoms with E-state index in [0.29, 0.717) is 35.4 Å². The van der Waals surface area contributed by atoms with Crippen molar-refractivity contribution in [2.75, 3.05) is 13.8 Å². The Bertz CT molecular complexity index is 882. The standard InChI is InChI=1S/C20H24F2N4O4.HI/c1-12(2)29-18-5-4-13(8-24-18)9-25-20(23-3)26-10-14-6-16-17(28-11-27-16)7-15(14)30-19(21)22;/h4-8,12,19H,9-11H2,1-3H3,(H2,23,25,26);1H. The highest BCUT2D eigenvalue weighted by molar-refractivity contribution is 14.0. The van der Waals surface area contributed by atoms with E-state index in [1.54, 1.807) is 25.4 Å². The van der Waals surface area contributed by atoms with Gasteiger partial charge in [-0.2, -0.15) is 8.78 Å². The number of hydrogen-bond acceptors (Lipinski definition) is 6. The van der Waals surface area contributed by atoms with Crippen molar-refractivity contribution in [1.29, 1.82) is 0 Å². The van der Waals surface area contributed by atoms with Gasteiger partial charge in [-0.05, 0) is 25.5 Å². The summed E-state index contributed by atoms with van der Waals surface area (Å²) in [5, 5.41) is 6.21. The van der Waals surface area contributed by atoms with Crippen LogP contribution in [0.1, 0.15) is 25.0 Å². The maximum atomic E-state index is 12.8. The normalized spacial score (nSPS) is 12.5. The fourth-order valence-corrected chi connectivity index (χ4v) is 2.72. The molecule has 0 radical (unpaired) electrons. The van der Waals surface area contributed by atoms with Crippen LogP contribution in [-0.2, 0) is 13.1 Å². The van der Waals surface area contributed by atoms with Gasteiger partial charge in [-0.25, -0.2) is 4.98 Å². The molecule has 31 heavy (non-hydrogen) atoms. The topological polar surface area (TPSA) is 86.2 Å². The summed E-state index contributed by atoms with van der Waals surface area (Å²) >= 11 is 0. The SMILES string of the molecule is CN=C(NCc1ccc(OC(C)C)nc1)NCc1cc2c(cc1OC(F)F)OCO2.I. The maximum absolute atomic E-state index is 12.8. The molecule has 11 heteroatoms. The number of rotatable bonds is 8. The number of hydrogen-bond donors (Lipinski definition) is 2. The van der Waals surface area contributed by atoms with Gasteiger partial charge in [-0.3, -0.25) is 4.99 Å². The molecule has 0 bridgehead atoms. The minimum atomic E-state index is -2.95. The zero-order chi connectivity index (χ0) is 21.5. The second kappa shape index (κ2) is 11.7. The second-order valence-electron chi connectivity index (χ2n) is 6.64. The van der Waals surface area contributed by atoms with Crippen LogP contribution in [0.25, 0.3) is 0 Å². The molecule has 0 fully saturated rings. The van der Waals surface area contributed by atoms with E-state index in [1.807, 2.05) is 19.9 Å². The van der Waals surface area contributed by atoms with E-state index in [9.17, 15) is 8.78 Å². The number of guanidine groups is 1. The lowest BCUT2D eigenvalue weighted by Crippen LogP contribution is -2.36. The number of alkyl halides is 2. The van der Waals surface area contributed by atoms with Gasteiger partial charge in [0, 0.05) is 44.0 Å². The molecule has 2 N–H and O–H groups in total. The first-order valence-electron chi connectivity index (χ1n) is 9.38. The summed E-state index contributed by atoms with van der Waals surface area (Å²) in [6, 6.07) is 6.71. The molecular weight excluding hydrogens is 525 g/mol. The van der Waals surface area contributed by atoms with E-state index in [0.717, 1.165) is 5.56 Å². The van der Waals surface area contributed by atoms with Crippen LogP contribution in [-0.4, -0.2) is 37.5 Å². The van der Waals surface area contributed by atoms with Crippen molar-refractivity contribution in [3.8, 4) is 23.1 Å². The fourth-order valence-electron chi connectivity index (χ4n) is 2.72. The molecule has 3 rings (SSSR count). The highest BCUT2D eigenvalue weighted by Crippen LogP contribution is 2.38. The quantitative estimate of drug-likeness (QED) is 0.295. The molecule has 0 aliphatic carbocycles. The van der Waals surface area contributed by atoms with Crippen LogP contribution < -0.4 is 29.6 Å². The first-order chi connectivity index (χ1) is 14.4. The predicted octanol–water partition coefficient (Wildman–Crippen LogP) is 3.68. The zero-order valence-electron chi connectivity index (χ0n) is 17.4. The lowest BCUT2D eigenvalue weighted by Gasteiger charge is -2.15. The molecule has 0 spiro atoms. The Balaban J connectivity index is 0.00000341. The molecule has 1 aliphatic rings. The monoisotopic (exact) mass is 550 g/mol. The van der Waals surface area contributed by atoms with Crippen LogP contribution in [0.15, 0.2) is 35.5 Å². The smallest absolute Gasteiger partial charge is 0.387 e. The molecule has 2 aromatic rings. The Morgan fingerprint density at radius 2 is 1.84 bits per heavy atom.